The van der Waals surface area contributed by atoms with E-state index in [0.717, 1.165) is 43.6 Å². The standard InChI is InChI=1S/C17H24N2O4/c1-15(2,3)22-14(21)18-17-7-16(8-17,9-17)13-6-12(23-19-13)10-4-11(20)5-10/h6,10-11,20H,4-5,7-9H2,1-3H3,(H,18,21). The number of aliphatic hydroxyl groups excluding tert-OH is 1. The van der Waals surface area contributed by atoms with E-state index < -0.39 is 5.60 Å². The zero-order valence-corrected chi connectivity index (χ0v) is 13.9. The van der Waals surface area contributed by atoms with E-state index in [9.17, 15) is 9.90 Å². The van der Waals surface area contributed by atoms with Crippen LogP contribution in [-0.2, 0) is 10.2 Å². The summed E-state index contributed by atoms with van der Waals surface area (Å²) in [7, 11) is 0. The van der Waals surface area contributed by atoms with E-state index in [0.29, 0.717) is 5.92 Å². The summed E-state index contributed by atoms with van der Waals surface area (Å²) in [5.41, 5.74) is 0.481. The highest BCUT2D eigenvalue weighted by molar-refractivity contribution is 5.70. The van der Waals surface area contributed by atoms with Gasteiger partial charge in [0.2, 0.25) is 0 Å². The van der Waals surface area contributed by atoms with Crippen LogP contribution in [0.1, 0.15) is 70.2 Å². The minimum atomic E-state index is -0.473. The highest BCUT2D eigenvalue weighted by Crippen LogP contribution is 2.67. The van der Waals surface area contributed by atoms with Gasteiger partial charge < -0.3 is 19.7 Å². The van der Waals surface area contributed by atoms with Gasteiger partial charge >= 0.3 is 6.09 Å². The van der Waals surface area contributed by atoms with E-state index in [1.807, 2.05) is 26.8 Å². The normalized spacial score (nSPS) is 38.1. The van der Waals surface area contributed by atoms with Crippen molar-refractivity contribution in [2.45, 2.75) is 81.5 Å². The zero-order valence-electron chi connectivity index (χ0n) is 13.9. The molecule has 2 bridgehead atoms. The molecule has 6 heteroatoms. The van der Waals surface area contributed by atoms with Gasteiger partial charge in [0.1, 0.15) is 11.4 Å². The van der Waals surface area contributed by atoms with Crippen molar-refractivity contribution in [3.63, 3.8) is 0 Å². The van der Waals surface area contributed by atoms with Gasteiger partial charge in [-0.05, 0) is 52.9 Å². The van der Waals surface area contributed by atoms with E-state index in [2.05, 4.69) is 10.5 Å². The number of carbonyl (C=O) groups excluding carboxylic acids is 1. The highest BCUT2D eigenvalue weighted by Gasteiger charge is 2.70. The van der Waals surface area contributed by atoms with Crippen molar-refractivity contribution in [1.29, 1.82) is 0 Å². The number of nitrogens with zero attached hydrogens (tertiary/aromatic N) is 1. The number of alkyl carbamates (subject to hydrolysis) is 1. The summed E-state index contributed by atoms with van der Waals surface area (Å²) in [6, 6.07) is 2.05. The number of aliphatic hydroxyl groups is 1. The topological polar surface area (TPSA) is 84.6 Å². The van der Waals surface area contributed by atoms with Crippen molar-refractivity contribution in [1.82, 2.24) is 10.5 Å². The molecule has 126 valence electrons. The summed E-state index contributed by atoms with van der Waals surface area (Å²) in [5, 5.41) is 16.7. The molecule has 4 aliphatic carbocycles. The summed E-state index contributed by atoms with van der Waals surface area (Å²) in [6.45, 7) is 5.60. The van der Waals surface area contributed by atoms with Gasteiger partial charge in [-0.2, -0.15) is 0 Å². The van der Waals surface area contributed by atoms with E-state index in [1.54, 1.807) is 0 Å². The van der Waals surface area contributed by atoms with Gasteiger partial charge in [-0.25, -0.2) is 4.79 Å². The van der Waals surface area contributed by atoms with Gasteiger partial charge in [-0.1, -0.05) is 5.16 Å². The van der Waals surface area contributed by atoms with Crippen LogP contribution in [0, 0.1) is 0 Å². The van der Waals surface area contributed by atoms with Crippen molar-refractivity contribution in [3.8, 4) is 0 Å². The summed E-state index contributed by atoms with van der Waals surface area (Å²) < 4.78 is 10.8. The molecular weight excluding hydrogens is 296 g/mol. The Balaban J connectivity index is 1.34. The van der Waals surface area contributed by atoms with Gasteiger partial charge in [0.15, 0.2) is 0 Å². The Morgan fingerprint density at radius 3 is 2.61 bits per heavy atom. The molecule has 0 spiro atoms. The Hall–Kier alpha value is -1.56. The van der Waals surface area contributed by atoms with Gasteiger partial charge in [-0.15, -0.1) is 0 Å². The van der Waals surface area contributed by atoms with Crippen LogP contribution in [0.3, 0.4) is 0 Å². The molecule has 0 unspecified atom stereocenters. The minimum absolute atomic E-state index is 0.0686. The molecular formula is C17H24N2O4. The minimum Gasteiger partial charge on any atom is -0.444 e. The molecule has 0 radical (unpaired) electrons. The third-order valence-electron chi connectivity index (χ3n) is 5.38. The lowest BCUT2D eigenvalue weighted by Gasteiger charge is -2.69. The van der Waals surface area contributed by atoms with Crippen LogP contribution < -0.4 is 5.32 Å². The van der Waals surface area contributed by atoms with E-state index in [-0.39, 0.29) is 23.2 Å². The molecule has 0 aliphatic heterocycles. The smallest absolute Gasteiger partial charge is 0.408 e. The molecule has 1 amide bonds. The van der Waals surface area contributed by atoms with Gasteiger partial charge in [-0.3, -0.25) is 0 Å². The Morgan fingerprint density at radius 1 is 1.39 bits per heavy atom. The molecule has 0 aromatic carbocycles. The largest absolute Gasteiger partial charge is 0.444 e. The van der Waals surface area contributed by atoms with Crippen LogP contribution in [0.2, 0.25) is 0 Å². The lowest BCUT2D eigenvalue weighted by Crippen LogP contribution is -2.77. The van der Waals surface area contributed by atoms with Crippen molar-refractivity contribution >= 4 is 6.09 Å². The maximum Gasteiger partial charge on any atom is 0.408 e. The number of amides is 1. The van der Waals surface area contributed by atoms with E-state index >= 15 is 0 Å². The number of hydrogen-bond acceptors (Lipinski definition) is 5. The first-order valence-corrected chi connectivity index (χ1v) is 8.35. The molecule has 1 aromatic heterocycles. The third-order valence-corrected chi connectivity index (χ3v) is 5.38. The van der Waals surface area contributed by atoms with Crippen molar-refractivity contribution in [2.24, 2.45) is 0 Å². The monoisotopic (exact) mass is 320 g/mol. The number of rotatable bonds is 3. The number of hydrogen-bond donors (Lipinski definition) is 2. The summed E-state index contributed by atoms with van der Waals surface area (Å²) in [6.07, 6.45) is 3.72. The zero-order chi connectivity index (χ0) is 16.5. The maximum absolute atomic E-state index is 11.9. The molecule has 23 heavy (non-hydrogen) atoms. The van der Waals surface area contributed by atoms with Gasteiger partial charge in [0.05, 0.1) is 11.8 Å². The predicted molar refractivity (Wildman–Crippen MR) is 82.1 cm³/mol. The lowest BCUT2D eigenvalue weighted by molar-refractivity contribution is -0.0920. The molecule has 4 fully saturated rings. The number of ether oxygens (including phenoxy) is 1. The summed E-state index contributed by atoms with van der Waals surface area (Å²) in [4.78, 5) is 11.9. The van der Waals surface area contributed by atoms with Gasteiger partial charge in [0.25, 0.3) is 0 Å². The van der Waals surface area contributed by atoms with Crippen LogP contribution in [0.4, 0.5) is 4.79 Å². The molecule has 4 aliphatic rings. The fourth-order valence-corrected chi connectivity index (χ4v) is 4.26. The van der Waals surface area contributed by atoms with Crippen molar-refractivity contribution in [2.75, 3.05) is 0 Å². The maximum atomic E-state index is 11.9. The average molecular weight is 320 g/mol. The lowest BCUT2D eigenvalue weighted by atomic mass is 9.38. The molecule has 0 atom stereocenters. The average Bonchev–Trinajstić information content (AvgIpc) is 2.74. The molecule has 1 aromatic rings. The first kappa shape index (κ1) is 15.0. The summed E-state index contributed by atoms with van der Waals surface area (Å²) in [5.74, 6) is 1.21. The molecule has 6 nitrogen and oxygen atoms in total. The SMILES string of the molecule is CC(C)(C)OC(=O)NC12CC(c3cc(C4CC(O)C4)on3)(C1)C2. The molecule has 0 saturated heterocycles. The second-order valence-corrected chi connectivity index (χ2v) is 8.65. The van der Waals surface area contributed by atoms with Crippen molar-refractivity contribution < 1.29 is 19.2 Å². The van der Waals surface area contributed by atoms with Gasteiger partial charge in [0, 0.05) is 22.9 Å². The highest BCUT2D eigenvalue weighted by atomic mass is 16.6. The first-order chi connectivity index (χ1) is 10.7. The Labute approximate surface area is 135 Å². The fraction of sp³-hybridized carbons (Fsp3) is 0.765. The first-order valence-electron chi connectivity index (χ1n) is 8.35. The Bertz CT molecular complexity index is 619. The van der Waals surface area contributed by atoms with E-state index in [4.69, 9.17) is 9.26 Å². The molecule has 4 saturated carbocycles. The quantitative estimate of drug-likeness (QED) is 0.894. The fourth-order valence-electron chi connectivity index (χ4n) is 4.26. The van der Waals surface area contributed by atoms with Crippen LogP contribution in [0.15, 0.2) is 10.6 Å². The van der Waals surface area contributed by atoms with Crippen LogP contribution in [0.25, 0.3) is 0 Å². The van der Waals surface area contributed by atoms with E-state index in [1.165, 1.54) is 0 Å². The molecule has 1 heterocycles. The Morgan fingerprint density at radius 2 is 2.04 bits per heavy atom. The second kappa shape index (κ2) is 4.50. The molecule has 5 rings (SSSR count). The van der Waals surface area contributed by atoms with Crippen molar-refractivity contribution in [3.05, 3.63) is 17.5 Å². The van der Waals surface area contributed by atoms with Crippen LogP contribution in [-0.4, -0.2) is 33.6 Å². The Kier molecular flexibility index (Phi) is 2.93. The third kappa shape index (κ3) is 2.43. The molecule has 2 N–H and O–H groups in total. The van der Waals surface area contributed by atoms with Crippen LogP contribution in [0.5, 0.6) is 0 Å². The second-order valence-electron chi connectivity index (χ2n) is 8.65. The number of nitrogens with one attached hydrogen (secondary N) is 1. The number of aromatic nitrogens is 1. The summed E-state index contributed by atoms with van der Waals surface area (Å²) >= 11 is 0. The van der Waals surface area contributed by atoms with Crippen LogP contribution >= 0.6 is 0 Å². The number of carbonyl (C=O) groups is 1. The predicted octanol–water partition coefficient (Wildman–Crippen LogP) is 2.61.